The van der Waals surface area contributed by atoms with Crippen LogP contribution < -0.4 is 10.0 Å². The molecule has 114 valence electrons. The highest BCUT2D eigenvalue weighted by Gasteiger charge is 2.15. The maximum absolute atomic E-state index is 11.9. The Bertz CT molecular complexity index is 488. The standard InChI is InChI=1S/C14H23ClN2O2S/c1-3-9-16-10-4-11-20(18,19)17-12(2)13-5-7-14(15)8-6-13/h5-8,12,16-17H,3-4,9-11H2,1-2H3. The van der Waals surface area contributed by atoms with E-state index in [1.54, 1.807) is 12.1 Å². The zero-order chi connectivity index (χ0) is 15.0. The minimum absolute atomic E-state index is 0.141. The van der Waals surface area contributed by atoms with Crippen molar-refractivity contribution >= 4 is 21.6 Å². The van der Waals surface area contributed by atoms with Crippen LogP contribution in [0.3, 0.4) is 0 Å². The van der Waals surface area contributed by atoms with E-state index in [0.717, 1.165) is 25.1 Å². The fourth-order valence-corrected chi connectivity index (χ4v) is 3.28. The van der Waals surface area contributed by atoms with Gasteiger partial charge in [0.15, 0.2) is 0 Å². The fourth-order valence-electron chi connectivity index (χ4n) is 1.84. The van der Waals surface area contributed by atoms with Crippen molar-refractivity contribution in [2.75, 3.05) is 18.8 Å². The molecule has 6 heteroatoms. The lowest BCUT2D eigenvalue weighted by atomic mass is 10.1. The molecule has 0 saturated carbocycles. The number of benzene rings is 1. The first-order valence-corrected chi connectivity index (χ1v) is 8.94. The Labute approximate surface area is 127 Å². The van der Waals surface area contributed by atoms with Gasteiger partial charge in [-0.05, 0) is 50.6 Å². The molecule has 0 aliphatic heterocycles. The van der Waals surface area contributed by atoms with Crippen LogP contribution in [0.2, 0.25) is 5.02 Å². The van der Waals surface area contributed by atoms with Crippen LogP contribution in [0.25, 0.3) is 0 Å². The van der Waals surface area contributed by atoms with Gasteiger partial charge in [0.1, 0.15) is 0 Å². The molecule has 0 aliphatic carbocycles. The first-order valence-electron chi connectivity index (χ1n) is 6.91. The Hall–Kier alpha value is -0.620. The second kappa shape index (κ2) is 8.62. The molecule has 4 nitrogen and oxygen atoms in total. The van der Waals surface area contributed by atoms with Crippen LogP contribution in [0, 0.1) is 0 Å². The maximum Gasteiger partial charge on any atom is 0.212 e. The quantitative estimate of drug-likeness (QED) is 0.688. The van der Waals surface area contributed by atoms with Gasteiger partial charge in [0.25, 0.3) is 0 Å². The van der Waals surface area contributed by atoms with Gasteiger partial charge in [0.05, 0.1) is 5.75 Å². The van der Waals surface area contributed by atoms with E-state index in [9.17, 15) is 8.42 Å². The molecule has 0 aliphatic rings. The molecule has 20 heavy (non-hydrogen) atoms. The molecule has 0 bridgehead atoms. The average Bonchev–Trinajstić information content (AvgIpc) is 2.38. The molecule has 1 aromatic carbocycles. The summed E-state index contributed by atoms with van der Waals surface area (Å²) < 4.78 is 26.6. The minimum atomic E-state index is -3.25. The van der Waals surface area contributed by atoms with Crippen molar-refractivity contribution in [3.8, 4) is 0 Å². The van der Waals surface area contributed by atoms with E-state index >= 15 is 0 Å². The molecule has 0 spiro atoms. The van der Waals surface area contributed by atoms with Crippen LogP contribution in [-0.2, 0) is 10.0 Å². The SMILES string of the molecule is CCCNCCCS(=O)(=O)NC(C)c1ccc(Cl)cc1. The minimum Gasteiger partial charge on any atom is -0.317 e. The van der Waals surface area contributed by atoms with E-state index in [1.807, 2.05) is 19.1 Å². The summed E-state index contributed by atoms with van der Waals surface area (Å²) in [4.78, 5) is 0. The third kappa shape index (κ3) is 6.70. The summed E-state index contributed by atoms with van der Waals surface area (Å²) in [6, 6.07) is 6.93. The van der Waals surface area contributed by atoms with Gasteiger partial charge >= 0.3 is 0 Å². The lowest BCUT2D eigenvalue weighted by molar-refractivity contribution is 0.561. The van der Waals surface area contributed by atoms with E-state index in [4.69, 9.17) is 11.6 Å². The van der Waals surface area contributed by atoms with Crippen molar-refractivity contribution in [1.29, 1.82) is 0 Å². The van der Waals surface area contributed by atoms with Gasteiger partial charge < -0.3 is 5.32 Å². The van der Waals surface area contributed by atoms with Crippen molar-refractivity contribution in [3.63, 3.8) is 0 Å². The molecule has 0 heterocycles. The van der Waals surface area contributed by atoms with E-state index in [1.165, 1.54) is 0 Å². The van der Waals surface area contributed by atoms with Crippen LogP contribution in [0.15, 0.2) is 24.3 Å². The Morgan fingerprint density at radius 1 is 1.20 bits per heavy atom. The molecule has 1 aromatic rings. The van der Waals surface area contributed by atoms with Gasteiger partial charge in [-0.1, -0.05) is 30.7 Å². The van der Waals surface area contributed by atoms with Crippen molar-refractivity contribution in [2.24, 2.45) is 0 Å². The summed E-state index contributed by atoms with van der Waals surface area (Å²) >= 11 is 5.81. The zero-order valence-electron chi connectivity index (χ0n) is 12.0. The Morgan fingerprint density at radius 2 is 1.85 bits per heavy atom. The van der Waals surface area contributed by atoms with Gasteiger partial charge in [0, 0.05) is 11.1 Å². The summed E-state index contributed by atoms with van der Waals surface area (Å²) in [5, 5.41) is 3.84. The van der Waals surface area contributed by atoms with E-state index < -0.39 is 10.0 Å². The van der Waals surface area contributed by atoms with Crippen LogP contribution in [0.5, 0.6) is 0 Å². The molecule has 2 N–H and O–H groups in total. The molecule has 1 unspecified atom stereocenters. The maximum atomic E-state index is 11.9. The second-order valence-electron chi connectivity index (χ2n) is 4.81. The van der Waals surface area contributed by atoms with Gasteiger partial charge in [0.2, 0.25) is 10.0 Å². The molecular formula is C14H23ClN2O2S. The molecule has 1 rings (SSSR count). The smallest absolute Gasteiger partial charge is 0.212 e. The third-order valence-electron chi connectivity index (χ3n) is 2.92. The fraction of sp³-hybridized carbons (Fsp3) is 0.571. The van der Waals surface area contributed by atoms with Gasteiger partial charge in [-0.2, -0.15) is 0 Å². The van der Waals surface area contributed by atoms with Crippen molar-refractivity contribution in [1.82, 2.24) is 10.0 Å². The van der Waals surface area contributed by atoms with Crippen molar-refractivity contribution in [2.45, 2.75) is 32.7 Å². The lowest BCUT2D eigenvalue weighted by Crippen LogP contribution is -2.30. The monoisotopic (exact) mass is 318 g/mol. The largest absolute Gasteiger partial charge is 0.317 e. The van der Waals surface area contributed by atoms with Crippen LogP contribution in [-0.4, -0.2) is 27.3 Å². The number of halogens is 1. The van der Waals surface area contributed by atoms with Gasteiger partial charge in [-0.25, -0.2) is 13.1 Å². The highest BCUT2D eigenvalue weighted by Crippen LogP contribution is 2.16. The second-order valence-corrected chi connectivity index (χ2v) is 7.12. The Kier molecular flexibility index (Phi) is 7.51. The number of sulfonamides is 1. The lowest BCUT2D eigenvalue weighted by Gasteiger charge is -2.14. The molecular weight excluding hydrogens is 296 g/mol. The molecule has 0 aromatic heterocycles. The van der Waals surface area contributed by atoms with Crippen LogP contribution in [0.1, 0.15) is 38.3 Å². The first kappa shape index (κ1) is 17.4. The predicted octanol–water partition coefficient (Wildman–Crippen LogP) is 2.71. The molecule has 0 fully saturated rings. The first-order chi connectivity index (χ1) is 9.44. The number of rotatable bonds is 9. The Balaban J connectivity index is 2.43. The molecule has 0 saturated heterocycles. The molecule has 0 radical (unpaired) electrons. The number of hydrogen-bond donors (Lipinski definition) is 2. The predicted molar refractivity (Wildman–Crippen MR) is 84.6 cm³/mol. The summed E-state index contributed by atoms with van der Waals surface area (Å²) in [5.74, 6) is 0.141. The van der Waals surface area contributed by atoms with E-state index in [2.05, 4.69) is 17.0 Å². The zero-order valence-corrected chi connectivity index (χ0v) is 13.6. The summed E-state index contributed by atoms with van der Waals surface area (Å²) in [6.45, 7) is 5.56. The van der Waals surface area contributed by atoms with E-state index in [0.29, 0.717) is 11.4 Å². The average molecular weight is 319 g/mol. The Morgan fingerprint density at radius 3 is 2.45 bits per heavy atom. The summed E-state index contributed by atoms with van der Waals surface area (Å²) in [5.41, 5.74) is 0.905. The van der Waals surface area contributed by atoms with E-state index in [-0.39, 0.29) is 11.8 Å². The molecule has 0 amide bonds. The highest BCUT2D eigenvalue weighted by atomic mass is 35.5. The van der Waals surface area contributed by atoms with Crippen LogP contribution in [0.4, 0.5) is 0 Å². The molecule has 1 atom stereocenters. The third-order valence-corrected chi connectivity index (χ3v) is 4.71. The topological polar surface area (TPSA) is 58.2 Å². The summed E-state index contributed by atoms with van der Waals surface area (Å²) in [6.07, 6.45) is 1.67. The number of nitrogens with one attached hydrogen (secondary N) is 2. The van der Waals surface area contributed by atoms with Crippen molar-refractivity contribution in [3.05, 3.63) is 34.9 Å². The normalized spacial score (nSPS) is 13.3. The van der Waals surface area contributed by atoms with Gasteiger partial charge in [-0.3, -0.25) is 0 Å². The van der Waals surface area contributed by atoms with Gasteiger partial charge in [-0.15, -0.1) is 0 Å². The van der Waals surface area contributed by atoms with Crippen LogP contribution >= 0.6 is 11.6 Å². The number of hydrogen-bond acceptors (Lipinski definition) is 3. The summed E-state index contributed by atoms with van der Waals surface area (Å²) in [7, 11) is -3.25. The highest BCUT2D eigenvalue weighted by molar-refractivity contribution is 7.89. The van der Waals surface area contributed by atoms with Crippen molar-refractivity contribution < 1.29 is 8.42 Å².